The topological polar surface area (TPSA) is 78.9 Å². The van der Waals surface area contributed by atoms with Crippen LogP contribution in [-0.2, 0) is 28.6 Å². The van der Waals surface area contributed by atoms with Gasteiger partial charge < -0.3 is 14.2 Å². The van der Waals surface area contributed by atoms with E-state index in [0.29, 0.717) is 19.3 Å². The Balaban J connectivity index is 4.31. The average molecular weight is 877 g/mol. The van der Waals surface area contributed by atoms with Gasteiger partial charge in [-0.3, -0.25) is 14.4 Å². The summed E-state index contributed by atoms with van der Waals surface area (Å²) < 4.78 is 16.9. The second kappa shape index (κ2) is 48.9. The molecule has 1 atom stereocenters. The summed E-state index contributed by atoms with van der Waals surface area (Å²) in [5, 5.41) is 0. The zero-order valence-corrected chi connectivity index (χ0v) is 42.5. The summed E-state index contributed by atoms with van der Waals surface area (Å²) in [5.41, 5.74) is 0. The Labute approximate surface area is 387 Å². The van der Waals surface area contributed by atoms with Crippen LogP contribution in [0.2, 0.25) is 0 Å². The zero-order chi connectivity index (χ0) is 45.4. The first kappa shape index (κ1) is 60.4. The number of hydrogen-bond donors (Lipinski definition) is 0. The molecule has 0 fully saturated rings. The number of hydrogen-bond acceptors (Lipinski definition) is 6. The van der Waals surface area contributed by atoms with Crippen molar-refractivity contribution in [1.82, 2.24) is 0 Å². The normalized spacial score (nSPS) is 12.0. The van der Waals surface area contributed by atoms with E-state index < -0.39 is 6.10 Å². The Bertz CT molecular complexity index is 947. The monoisotopic (exact) mass is 877 g/mol. The Morgan fingerprint density at radius 1 is 0.306 bits per heavy atom. The van der Waals surface area contributed by atoms with E-state index in [2.05, 4.69) is 34.6 Å². The Morgan fingerprint density at radius 3 is 0.790 bits per heavy atom. The van der Waals surface area contributed by atoms with Crippen LogP contribution in [-0.4, -0.2) is 37.2 Å². The largest absolute Gasteiger partial charge is 0.462 e. The minimum atomic E-state index is -0.762. The Hall–Kier alpha value is -1.59. The molecule has 0 spiro atoms. The lowest BCUT2D eigenvalue weighted by atomic mass is 10.0. The molecule has 0 radical (unpaired) electrons. The van der Waals surface area contributed by atoms with Crippen molar-refractivity contribution in [1.29, 1.82) is 0 Å². The maximum atomic E-state index is 12.8. The van der Waals surface area contributed by atoms with E-state index in [1.54, 1.807) is 0 Å². The molecular weight excluding hydrogens is 769 g/mol. The molecule has 0 aromatic carbocycles. The quantitative estimate of drug-likeness (QED) is 0.0344. The lowest BCUT2D eigenvalue weighted by Crippen LogP contribution is -2.30. The fourth-order valence-electron chi connectivity index (χ4n) is 8.52. The molecule has 0 N–H and O–H groups in total. The van der Waals surface area contributed by atoms with Crippen LogP contribution >= 0.6 is 0 Å². The van der Waals surface area contributed by atoms with Crippen LogP contribution < -0.4 is 0 Å². The van der Waals surface area contributed by atoms with Gasteiger partial charge >= 0.3 is 17.9 Å². The van der Waals surface area contributed by atoms with E-state index >= 15 is 0 Å². The molecule has 6 nitrogen and oxygen atoms in total. The van der Waals surface area contributed by atoms with Crippen LogP contribution in [0.4, 0.5) is 0 Å². The summed E-state index contributed by atoms with van der Waals surface area (Å²) in [5.74, 6) is 0.823. The van der Waals surface area contributed by atoms with E-state index in [0.717, 1.165) is 69.6 Å². The van der Waals surface area contributed by atoms with Gasteiger partial charge in [0.2, 0.25) is 0 Å². The van der Waals surface area contributed by atoms with Gasteiger partial charge in [-0.25, -0.2) is 0 Å². The molecule has 0 aromatic heterocycles. The molecule has 0 heterocycles. The first-order valence-corrected chi connectivity index (χ1v) is 27.7. The highest BCUT2D eigenvalue weighted by molar-refractivity contribution is 5.71. The van der Waals surface area contributed by atoms with Crippen LogP contribution in [0.3, 0.4) is 0 Å². The third-order valence-electron chi connectivity index (χ3n) is 12.7. The van der Waals surface area contributed by atoms with E-state index in [1.165, 1.54) is 199 Å². The Morgan fingerprint density at radius 2 is 0.532 bits per heavy atom. The molecule has 0 saturated heterocycles. The fraction of sp³-hybridized carbons (Fsp3) is 0.946. The summed E-state index contributed by atoms with van der Waals surface area (Å²) >= 11 is 0. The van der Waals surface area contributed by atoms with Crippen LogP contribution in [0.25, 0.3) is 0 Å². The third-order valence-corrected chi connectivity index (χ3v) is 12.7. The summed E-state index contributed by atoms with van der Waals surface area (Å²) in [6.45, 7) is 11.4. The minimum absolute atomic E-state index is 0.0630. The summed E-state index contributed by atoms with van der Waals surface area (Å²) in [6.07, 6.45) is 50.9. The van der Waals surface area contributed by atoms with Gasteiger partial charge in [0.25, 0.3) is 0 Å². The maximum Gasteiger partial charge on any atom is 0.306 e. The lowest BCUT2D eigenvalue weighted by molar-refractivity contribution is -0.167. The second-order valence-corrected chi connectivity index (χ2v) is 20.2. The highest BCUT2D eigenvalue weighted by Crippen LogP contribution is 2.18. The van der Waals surface area contributed by atoms with Crippen LogP contribution in [0.15, 0.2) is 0 Å². The lowest BCUT2D eigenvalue weighted by Gasteiger charge is -2.18. The molecule has 0 bridgehead atoms. The molecule has 0 aliphatic carbocycles. The maximum absolute atomic E-state index is 12.8. The van der Waals surface area contributed by atoms with Crippen molar-refractivity contribution < 1.29 is 28.6 Å². The molecule has 0 unspecified atom stereocenters. The average Bonchev–Trinajstić information content (AvgIpc) is 3.24. The minimum Gasteiger partial charge on any atom is -0.462 e. The van der Waals surface area contributed by atoms with E-state index in [4.69, 9.17) is 14.2 Å². The van der Waals surface area contributed by atoms with Gasteiger partial charge in [-0.15, -0.1) is 0 Å². The smallest absolute Gasteiger partial charge is 0.306 e. The van der Waals surface area contributed by atoms with E-state index in [9.17, 15) is 14.4 Å². The molecular formula is C56H108O6. The van der Waals surface area contributed by atoms with Gasteiger partial charge in [-0.1, -0.05) is 272 Å². The van der Waals surface area contributed by atoms with Crippen molar-refractivity contribution in [3.8, 4) is 0 Å². The van der Waals surface area contributed by atoms with Crippen molar-refractivity contribution in [2.24, 2.45) is 11.8 Å². The second-order valence-electron chi connectivity index (χ2n) is 20.2. The predicted molar refractivity (Wildman–Crippen MR) is 266 cm³/mol. The molecule has 0 aromatic rings. The zero-order valence-electron chi connectivity index (χ0n) is 42.5. The molecule has 0 rings (SSSR count). The Kier molecular flexibility index (Phi) is 47.6. The molecule has 6 heteroatoms. The highest BCUT2D eigenvalue weighted by Gasteiger charge is 2.19. The number of carbonyl (C=O) groups is 3. The van der Waals surface area contributed by atoms with Crippen LogP contribution in [0.1, 0.15) is 311 Å². The highest BCUT2D eigenvalue weighted by atomic mass is 16.6. The number of ether oxygens (including phenoxy) is 3. The SMILES string of the molecule is CCCCCCCCCCCCCCCCC(=O)OC[C@H](COC(=O)CCCCCCCCCCCCCC(C)C)OC(=O)CCCCCCCCCCCCCCCC(C)C. The van der Waals surface area contributed by atoms with Crippen molar-refractivity contribution in [3.63, 3.8) is 0 Å². The number of carbonyl (C=O) groups excluding carboxylic acids is 3. The van der Waals surface area contributed by atoms with Crippen molar-refractivity contribution in [2.75, 3.05) is 13.2 Å². The number of unbranched alkanes of at least 4 members (excludes halogenated alkanes) is 35. The van der Waals surface area contributed by atoms with E-state index in [1.807, 2.05) is 0 Å². The fourth-order valence-corrected chi connectivity index (χ4v) is 8.52. The first-order valence-electron chi connectivity index (χ1n) is 27.7. The third kappa shape index (κ3) is 49.4. The number of rotatable bonds is 50. The molecule has 0 saturated carbocycles. The van der Waals surface area contributed by atoms with Crippen molar-refractivity contribution in [2.45, 2.75) is 317 Å². The summed E-state index contributed by atoms with van der Waals surface area (Å²) in [7, 11) is 0. The van der Waals surface area contributed by atoms with Crippen LogP contribution in [0, 0.1) is 11.8 Å². The van der Waals surface area contributed by atoms with Gasteiger partial charge in [0.05, 0.1) is 0 Å². The molecule has 368 valence electrons. The van der Waals surface area contributed by atoms with Crippen molar-refractivity contribution in [3.05, 3.63) is 0 Å². The van der Waals surface area contributed by atoms with E-state index in [-0.39, 0.29) is 31.1 Å². The number of esters is 3. The molecule has 0 aliphatic heterocycles. The van der Waals surface area contributed by atoms with Gasteiger partial charge in [-0.05, 0) is 31.1 Å². The predicted octanol–water partition coefficient (Wildman–Crippen LogP) is 18.1. The molecule has 62 heavy (non-hydrogen) atoms. The van der Waals surface area contributed by atoms with Crippen molar-refractivity contribution >= 4 is 17.9 Å². The molecule has 0 amide bonds. The van der Waals surface area contributed by atoms with Gasteiger partial charge in [0.1, 0.15) is 13.2 Å². The van der Waals surface area contributed by atoms with Gasteiger partial charge in [-0.2, -0.15) is 0 Å². The molecule has 0 aliphatic rings. The van der Waals surface area contributed by atoms with Gasteiger partial charge in [0, 0.05) is 19.3 Å². The summed E-state index contributed by atoms with van der Waals surface area (Å²) in [4.78, 5) is 38.1. The van der Waals surface area contributed by atoms with Crippen LogP contribution in [0.5, 0.6) is 0 Å². The van der Waals surface area contributed by atoms with Gasteiger partial charge in [0.15, 0.2) is 6.10 Å². The standard InChI is InChI=1S/C56H108O6/c1-6-7-8-9-10-11-12-13-16-21-26-31-36-41-46-54(57)60-49-53(50-61-55(58)47-42-37-32-27-23-18-20-25-30-35-40-45-52(4)5)62-56(59)48-43-38-33-28-22-17-14-15-19-24-29-34-39-44-51(2)3/h51-53H,6-50H2,1-5H3/t53-/m1/s1. The first-order chi connectivity index (χ1) is 30.2. The summed E-state index contributed by atoms with van der Waals surface area (Å²) in [6, 6.07) is 0.